The standard InChI is InChI=1S/C24H26FN5O3/c1-5-15(4)26-21(31)17-9-10-19-20(12-17)30-23(29(14(2)3)22(19)32)27-28(24(30)33)13-16-7-6-8-18(25)11-16/h6-12,14-15H,5,13H2,1-4H3,(H,26,31). The summed E-state index contributed by atoms with van der Waals surface area (Å²) in [6, 6.07) is 10.3. The molecule has 0 saturated heterocycles. The van der Waals surface area contributed by atoms with Gasteiger partial charge in [-0.2, -0.15) is 0 Å². The van der Waals surface area contributed by atoms with Gasteiger partial charge in [0.05, 0.1) is 17.4 Å². The summed E-state index contributed by atoms with van der Waals surface area (Å²) < 4.78 is 17.6. The summed E-state index contributed by atoms with van der Waals surface area (Å²) in [6.07, 6.45) is 0.773. The van der Waals surface area contributed by atoms with Gasteiger partial charge in [0.25, 0.3) is 11.5 Å². The number of nitrogens with one attached hydrogen (secondary N) is 1. The van der Waals surface area contributed by atoms with E-state index in [-0.39, 0.29) is 35.9 Å². The second-order valence-electron chi connectivity index (χ2n) is 8.49. The quantitative estimate of drug-likeness (QED) is 0.488. The zero-order valence-corrected chi connectivity index (χ0v) is 19.0. The fraction of sp³-hybridized carbons (Fsp3) is 0.333. The van der Waals surface area contributed by atoms with Crippen molar-refractivity contribution in [1.29, 1.82) is 0 Å². The highest BCUT2D eigenvalue weighted by Gasteiger charge is 2.20. The lowest BCUT2D eigenvalue weighted by Gasteiger charge is -2.14. The number of hydrogen-bond acceptors (Lipinski definition) is 4. The molecule has 0 bridgehead atoms. The Morgan fingerprint density at radius 3 is 2.55 bits per heavy atom. The summed E-state index contributed by atoms with van der Waals surface area (Å²) in [6.45, 7) is 7.57. The molecule has 0 fully saturated rings. The van der Waals surface area contributed by atoms with E-state index >= 15 is 0 Å². The van der Waals surface area contributed by atoms with E-state index in [4.69, 9.17) is 0 Å². The third kappa shape index (κ3) is 4.06. The number of aromatic nitrogens is 4. The predicted molar refractivity (Wildman–Crippen MR) is 124 cm³/mol. The van der Waals surface area contributed by atoms with Crippen LogP contribution in [-0.2, 0) is 6.54 Å². The van der Waals surface area contributed by atoms with E-state index in [0.717, 1.165) is 6.42 Å². The predicted octanol–water partition coefficient (Wildman–Crippen LogP) is 3.11. The monoisotopic (exact) mass is 451 g/mol. The van der Waals surface area contributed by atoms with Crippen LogP contribution in [0.5, 0.6) is 0 Å². The van der Waals surface area contributed by atoms with E-state index in [2.05, 4.69) is 10.4 Å². The van der Waals surface area contributed by atoms with Crippen LogP contribution in [-0.4, -0.2) is 30.7 Å². The summed E-state index contributed by atoms with van der Waals surface area (Å²) in [5.74, 6) is -0.526. The normalized spacial score (nSPS) is 12.5. The molecule has 0 aliphatic carbocycles. The highest BCUT2D eigenvalue weighted by atomic mass is 19.1. The molecule has 33 heavy (non-hydrogen) atoms. The molecule has 1 N–H and O–H groups in total. The van der Waals surface area contributed by atoms with Gasteiger partial charge in [0, 0.05) is 17.6 Å². The molecular weight excluding hydrogens is 425 g/mol. The summed E-state index contributed by atoms with van der Waals surface area (Å²) in [5.41, 5.74) is 0.434. The van der Waals surface area contributed by atoms with E-state index < -0.39 is 11.5 Å². The summed E-state index contributed by atoms with van der Waals surface area (Å²) >= 11 is 0. The van der Waals surface area contributed by atoms with Crippen molar-refractivity contribution in [3.8, 4) is 0 Å². The number of hydrogen-bond donors (Lipinski definition) is 1. The molecule has 4 rings (SSSR count). The molecule has 2 aromatic heterocycles. The van der Waals surface area contributed by atoms with Gasteiger partial charge in [0.15, 0.2) is 0 Å². The van der Waals surface area contributed by atoms with Crippen molar-refractivity contribution in [2.45, 2.75) is 52.7 Å². The summed E-state index contributed by atoms with van der Waals surface area (Å²) in [5, 5.41) is 7.62. The van der Waals surface area contributed by atoms with Crippen LogP contribution in [0.3, 0.4) is 0 Å². The molecule has 0 aliphatic heterocycles. The van der Waals surface area contributed by atoms with Gasteiger partial charge in [-0.05, 0) is 63.1 Å². The van der Waals surface area contributed by atoms with Crippen molar-refractivity contribution in [3.63, 3.8) is 0 Å². The number of fused-ring (bicyclic) bond motifs is 3. The van der Waals surface area contributed by atoms with Crippen LogP contribution < -0.4 is 16.6 Å². The Balaban J connectivity index is 1.97. The summed E-state index contributed by atoms with van der Waals surface area (Å²) in [4.78, 5) is 39.3. The Labute approximate surface area is 189 Å². The maximum atomic E-state index is 13.6. The molecule has 4 aromatic rings. The van der Waals surface area contributed by atoms with Crippen molar-refractivity contribution in [3.05, 3.63) is 80.2 Å². The molecule has 0 radical (unpaired) electrons. The Hall–Kier alpha value is -3.75. The molecule has 1 unspecified atom stereocenters. The van der Waals surface area contributed by atoms with Crippen molar-refractivity contribution < 1.29 is 9.18 Å². The lowest BCUT2D eigenvalue weighted by atomic mass is 10.1. The third-order valence-electron chi connectivity index (χ3n) is 5.72. The van der Waals surface area contributed by atoms with Gasteiger partial charge in [0.1, 0.15) is 5.82 Å². The van der Waals surface area contributed by atoms with Gasteiger partial charge in [-0.3, -0.25) is 14.2 Å². The van der Waals surface area contributed by atoms with Gasteiger partial charge in [-0.25, -0.2) is 18.3 Å². The van der Waals surface area contributed by atoms with Crippen LogP contribution in [0.1, 0.15) is 56.1 Å². The van der Waals surface area contributed by atoms with Crippen molar-refractivity contribution >= 4 is 22.6 Å². The second kappa shape index (κ2) is 8.65. The lowest BCUT2D eigenvalue weighted by Crippen LogP contribution is -2.32. The molecule has 8 nitrogen and oxygen atoms in total. The number of amides is 1. The molecule has 0 aliphatic rings. The van der Waals surface area contributed by atoms with Crippen LogP contribution in [0, 0.1) is 5.82 Å². The minimum Gasteiger partial charge on any atom is -0.350 e. The van der Waals surface area contributed by atoms with Gasteiger partial charge in [-0.1, -0.05) is 19.1 Å². The zero-order chi connectivity index (χ0) is 23.9. The van der Waals surface area contributed by atoms with Crippen LogP contribution >= 0.6 is 0 Å². The van der Waals surface area contributed by atoms with Crippen LogP contribution in [0.4, 0.5) is 4.39 Å². The Morgan fingerprint density at radius 1 is 1.12 bits per heavy atom. The third-order valence-corrected chi connectivity index (χ3v) is 5.72. The number of carbonyl (C=O) groups is 1. The Bertz CT molecular complexity index is 1480. The number of carbonyl (C=O) groups excluding carboxylic acids is 1. The molecule has 1 amide bonds. The molecule has 9 heteroatoms. The van der Waals surface area contributed by atoms with Crippen molar-refractivity contribution in [2.24, 2.45) is 0 Å². The number of rotatable bonds is 6. The first-order valence-corrected chi connectivity index (χ1v) is 10.9. The molecular formula is C24H26FN5O3. The SMILES string of the molecule is CCC(C)NC(=O)c1ccc2c(=O)n(C(C)C)c3nn(Cc4cccc(F)c4)c(=O)n3c2c1. The average Bonchev–Trinajstić information content (AvgIpc) is 3.08. The van der Waals surface area contributed by atoms with E-state index in [1.165, 1.54) is 25.8 Å². The first kappa shape index (κ1) is 22.4. The Morgan fingerprint density at radius 2 is 1.88 bits per heavy atom. The topological polar surface area (TPSA) is 90.4 Å². The van der Waals surface area contributed by atoms with E-state index in [9.17, 15) is 18.8 Å². The average molecular weight is 452 g/mol. The molecule has 2 aromatic carbocycles. The molecule has 2 heterocycles. The van der Waals surface area contributed by atoms with Crippen LogP contribution in [0.2, 0.25) is 0 Å². The molecule has 1 atom stereocenters. The minimum atomic E-state index is -0.479. The number of halogens is 1. The first-order chi connectivity index (χ1) is 15.7. The van der Waals surface area contributed by atoms with Gasteiger partial charge in [0.2, 0.25) is 5.78 Å². The zero-order valence-electron chi connectivity index (χ0n) is 19.0. The van der Waals surface area contributed by atoms with Gasteiger partial charge in [-0.15, -0.1) is 5.10 Å². The van der Waals surface area contributed by atoms with Crippen LogP contribution in [0.25, 0.3) is 16.7 Å². The van der Waals surface area contributed by atoms with Crippen LogP contribution in [0.15, 0.2) is 52.1 Å². The highest BCUT2D eigenvalue weighted by molar-refractivity contribution is 5.98. The minimum absolute atomic E-state index is 0.0149. The summed E-state index contributed by atoms with van der Waals surface area (Å²) in [7, 11) is 0. The Kier molecular flexibility index (Phi) is 5.88. The first-order valence-electron chi connectivity index (χ1n) is 10.9. The largest absolute Gasteiger partial charge is 0.352 e. The van der Waals surface area contributed by atoms with Gasteiger partial charge >= 0.3 is 5.69 Å². The van der Waals surface area contributed by atoms with E-state index in [0.29, 0.717) is 22.0 Å². The maximum Gasteiger partial charge on any atom is 0.352 e. The molecule has 172 valence electrons. The maximum absolute atomic E-state index is 13.6. The fourth-order valence-electron chi connectivity index (χ4n) is 3.81. The van der Waals surface area contributed by atoms with Crippen molar-refractivity contribution in [2.75, 3.05) is 0 Å². The fourth-order valence-corrected chi connectivity index (χ4v) is 3.81. The highest BCUT2D eigenvalue weighted by Crippen LogP contribution is 2.17. The number of nitrogens with zero attached hydrogens (tertiary/aromatic N) is 4. The smallest absolute Gasteiger partial charge is 0.350 e. The van der Waals surface area contributed by atoms with E-state index in [1.807, 2.05) is 27.7 Å². The molecule has 0 saturated carbocycles. The van der Waals surface area contributed by atoms with Crippen molar-refractivity contribution in [1.82, 2.24) is 24.1 Å². The van der Waals surface area contributed by atoms with E-state index in [1.54, 1.807) is 30.3 Å². The van der Waals surface area contributed by atoms with Gasteiger partial charge < -0.3 is 5.32 Å². The number of benzene rings is 2. The second-order valence-corrected chi connectivity index (χ2v) is 8.49. The lowest BCUT2D eigenvalue weighted by molar-refractivity contribution is 0.0939. The molecule has 0 spiro atoms.